The zero-order valence-corrected chi connectivity index (χ0v) is 11.5. The highest BCUT2D eigenvalue weighted by Gasteiger charge is 2.24. The Kier molecular flexibility index (Phi) is 3.22. The molecule has 0 aliphatic heterocycles. The van der Waals surface area contributed by atoms with E-state index in [0.29, 0.717) is 11.3 Å². The molecule has 1 aromatic carbocycles. The Labute approximate surface area is 118 Å². The number of nitrogen functional groups attached to an aromatic ring is 1. The number of carbonyl (C=O) groups excluding carboxylic acids is 1. The van der Waals surface area contributed by atoms with E-state index in [1.807, 2.05) is 13.0 Å². The van der Waals surface area contributed by atoms with Crippen molar-refractivity contribution in [3.63, 3.8) is 0 Å². The van der Waals surface area contributed by atoms with Crippen LogP contribution in [0, 0.1) is 6.92 Å². The topological polar surface area (TPSA) is 68.3 Å². The van der Waals surface area contributed by atoms with Crippen molar-refractivity contribution in [3.05, 3.63) is 53.0 Å². The molecule has 3 rings (SSSR count). The van der Waals surface area contributed by atoms with Crippen LogP contribution in [0.3, 0.4) is 0 Å². The zero-order chi connectivity index (χ0) is 14.1. The van der Waals surface area contributed by atoms with E-state index in [1.165, 1.54) is 0 Å². The number of rotatable bonds is 2. The third kappa shape index (κ3) is 2.18. The molecule has 4 nitrogen and oxygen atoms in total. The van der Waals surface area contributed by atoms with Gasteiger partial charge in [0, 0.05) is 23.2 Å². The van der Waals surface area contributed by atoms with Gasteiger partial charge in [0.25, 0.3) is 5.91 Å². The summed E-state index contributed by atoms with van der Waals surface area (Å²) in [5.74, 6) is 0.916. The summed E-state index contributed by atoms with van der Waals surface area (Å²) in [5.41, 5.74) is 9.07. The molecule has 0 spiro atoms. The van der Waals surface area contributed by atoms with Crippen LogP contribution in [-0.4, -0.2) is 5.91 Å². The predicted octanol–water partition coefficient (Wildman–Crippen LogP) is 2.98. The van der Waals surface area contributed by atoms with Gasteiger partial charge in [0.2, 0.25) is 0 Å². The summed E-state index contributed by atoms with van der Waals surface area (Å²) in [7, 11) is 0. The van der Waals surface area contributed by atoms with Gasteiger partial charge in [0.15, 0.2) is 0 Å². The monoisotopic (exact) mass is 270 g/mol. The van der Waals surface area contributed by atoms with E-state index in [-0.39, 0.29) is 11.9 Å². The third-order valence-electron chi connectivity index (χ3n) is 3.98. The molecular formula is C16H18N2O2. The molecule has 1 unspecified atom stereocenters. The van der Waals surface area contributed by atoms with E-state index in [1.54, 1.807) is 24.5 Å². The number of aryl methyl sites for hydroxylation is 1. The average Bonchev–Trinajstić information content (AvgIpc) is 2.91. The standard InChI is InChI=1S/C16H18N2O2/c1-10-11(4-2-5-13(10)17)16(19)18-14-6-3-7-15-12(14)8-9-20-15/h2,4-5,8-9,14H,3,6-7,17H2,1H3,(H,18,19). The first-order valence-corrected chi connectivity index (χ1v) is 6.89. The van der Waals surface area contributed by atoms with Crippen molar-refractivity contribution in [3.8, 4) is 0 Å². The van der Waals surface area contributed by atoms with E-state index in [9.17, 15) is 4.79 Å². The second-order valence-corrected chi connectivity index (χ2v) is 5.24. The Bertz CT molecular complexity index is 646. The largest absolute Gasteiger partial charge is 0.469 e. The SMILES string of the molecule is Cc1c(N)cccc1C(=O)NC1CCCc2occc21. The van der Waals surface area contributed by atoms with Crippen LogP contribution >= 0.6 is 0 Å². The number of benzene rings is 1. The lowest BCUT2D eigenvalue weighted by atomic mass is 9.93. The number of anilines is 1. The molecule has 1 atom stereocenters. The van der Waals surface area contributed by atoms with E-state index >= 15 is 0 Å². The molecule has 1 aliphatic rings. The number of nitrogens with one attached hydrogen (secondary N) is 1. The van der Waals surface area contributed by atoms with Crippen LogP contribution in [-0.2, 0) is 6.42 Å². The normalized spacial score (nSPS) is 17.6. The molecule has 0 bridgehead atoms. The minimum absolute atomic E-state index is 0.0332. The molecule has 2 aromatic rings. The molecule has 20 heavy (non-hydrogen) atoms. The number of hydrogen-bond acceptors (Lipinski definition) is 3. The first-order valence-electron chi connectivity index (χ1n) is 6.89. The van der Waals surface area contributed by atoms with Crippen LogP contribution < -0.4 is 11.1 Å². The average molecular weight is 270 g/mol. The summed E-state index contributed by atoms with van der Waals surface area (Å²) in [5, 5.41) is 3.09. The fourth-order valence-corrected chi connectivity index (χ4v) is 2.77. The van der Waals surface area contributed by atoms with Gasteiger partial charge in [-0.15, -0.1) is 0 Å². The molecular weight excluding hydrogens is 252 g/mol. The molecule has 1 aliphatic carbocycles. The lowest BCUT2D eigenvalue weighted by Gasteiger charge is -2.23. The van der Waals surface area contributed by atoms with Crippen LogP contribution in [0.5, 0.6) is 0 Å². The summed E-state index contributed by atoms with van der Waals surface area (Å²) in [6.07, 6.45) is 4.62. The summed E-state index contributed by atoms with van der Waals surface area (Å²) in [6, 6.07) is 7.40. The Morgan fingerprint density at radius 2 is 2.25 bits per heavy atom. The number of furan rings is 1. The zero-order valence-electron chi connectivity index (χ0n) is 11.5. The highest BCUT2D eigenvalue weighted by Crippen LogP contribution is 2.30. The lowest BCUT2D eigenvalue weighted by Crippen LogP contribution is -2.31. The maximum atomic E-state index is 12.4. The van der Waals surface area contributed by atoms with Gasteiger partial charge in [-0.1, -0.05) is 6.07 Å². The molecule has 0 fully saturated rings. The van der Waals surface area contributed by atoms with Crippen LogP contribution in [0.15, 0.2) is 34.9 Å². The smallest absolute Gasteiger partial charge is 0.252 e. The summed E-state index contributed by atoms with van der Waals surface area (Å²) >= 11 is 0. The molecule has 4 heteroatoms. The summed E-state index contributed by atoms with van der Waals surface area (Å²) in [4.78, 5) is 12.4. The summed E-state index contributed by atoms with van der Waals surface area (Å²) in [6.45, 7) is 1.87. The summed E-state index contributed by atoms with van der Waals surface area (Å²) < 4.78 is 5.45. The number of amides is 1. The Hall–Kier alpha value is -2.23. The minimum Gasteiger partial charge on any atom is -0.469 e. The van der Waals surface area contributed by atoms with Gasteiger partial charge in [-0.05, 0) is 43.5 Å². The van der Waals surface area contributed by atoms with Gasteiger partial charge in [0.1, 0.15) is 5.76 Å². The van der Waals surface area contributed by atoms with Crippen molar-refractivity contribution >= 4 is 11.6 Å². The van der Waals surface area contributed by atoms with Gasteiger partial charge in [-0.25, -0.2) is 0 Å². The Morgan fingerprint density at radius 1 is 1.40 bits per heavy atom. The number of nitrogens with two attached hydrogens (primary N) is 1. The second-order valence-electron chi connectivity index (χ2n) is 5.24. The molecule has 0 radical (unpaired) electrons. The van der Waals surface area contributed by atoms with Crippen LogP contribution in [0.2, 0.25) is 0 Å². The number of hydrogen-bond donors (Lipinski definition) is 2. The number of fused-ring (bicyclic) bond motifs is 1. The number of carbonyl (C=O) groups is 1. The van der Waals surface area contributed by atoms with Gasteiger partial charge in [-0.3, -0.25) is 4.79 Å². The Morgan fingerprint density at radius 3 is 3.10 bits per heavy atom. The van der Waals surface area contributed by atoms with E-state index in [0.717, 1.165) is 36.1 Å². The minimum atomic E-state index is -0.0751. The highest BCUT2D eigenvalue weighted by atomic mass is 16.3. The predicted molar refractivity (Wildman–Crippen MR) is 77.4 cm³/mol. The first-order chi connectivity index (χ1) is 9.66. The van der Waals surface area contributed by atoms with Crippen LogP contribution in [0.4, 0.5) is 5.69 Å². The maximum absolute atomic E-state index is 12.4. The van der Waals surface area contributed by atoms with Crippen molar-refractivity contribution in [1.29, 1.82) is 0 Å². The van der Waals surface area contributed by atoms with Gasteiger partial charge in [0.05, 0.1) is 12.3 Å². The van der Waals surface area contributed by atoms with Crippen molar-refractivity contribution in [1.82, 2.24) is 5.32 Å². The molecule has 0 saturated carbocycles. The quantitative estimate of drug-likeness (QED) is 0.824. The first kappa shape index (κ1) is 12.8. The molecule has 104 valence electrons. The fourth-order valence-electron chi connectivity index (χ4n) is 2.77. The van der Waals surface area contributed by atoms with E-state index in [2.05, 4.69) is 5.32 Å². The molecule has 1 heterocycles. The Balaban J connectivity index is 1.83. The van der Waals surface area contributed by atoms with Gasteiger partial charge in [-0.2, -0.15) is 0 Å². The maximum Gasteiger partial charge on any atom is 0.252 e. The lowest BCUT2D eigenvalue weighted by molar-refractivity contribution is 0.0931. The molecule has 1 aromatic heterocycles. The molecule has 3 N–H and O–H groups in total. The van der Waals surface area contributed by atoms with Crippen molar-refractivity contribution < 1.29 is 9.21 Å². The molecule has 0 saturated heterocycles. The van der Waals surface area contributed by atoms with E-state index in [4.69, 9.17) is 10.2 Å². The molecule has 1 amide bonds. The van der Waals surface area contributed by atoms with E-state index < -0.39 is 0 Å². The van der Waals surface area contributed by atoms with Crippen molar-refractivity contribution in [2.75, 3.05) is 5.73 Å². The van der Waals surface area contributed by atoms with Crippen LogP contribution in [0.1, 0.15) is 46.1 Å². The van der Waals surface area contributed by atoms with Crippen LogP contribution in [0.25, 0.3) is 0 Å². The fraction of sp³-hybridized carbons (Fsp3) is 0.312. The van der Waals surface area contributed by atoms with Gasteiger partial charge >= 0.3 is 0 Å². The highest BCUT2D eigenvalue weighted by molar-refractivity contribution is 5.97. The van der Waals surface area contributed by atoms with Gasteiger partial charge < -0.3 is 15.5 Å². The third-order valence-corrected chi connectivity index (χ3v) is 3.98. The van der Waals surface area contributed by atoms with Crippen molar-refractivity contribution in [2.24, 2.45) is 0 Å². The van der Waals surface area contributed by atoms with Crippen molar-refractivity contribution in [2.45, 2.75) is 32.2 Å². The second kappa shape index (κ2) is 5.04.